The zero-order chi connectivity index (χ0) is 26.0. The maximum atomic E-state index is 13.5. The number of thiophene rings is 1. The van der Waals surface area contributed by atoms with Gasteiger partial charge in [-0.25, -0.2) is 4.99 Å². The van der Waals surface area contributed by atoms with E-state index in [0.717, 1.165) is 30.4 Å². The van der Waals surface area contributed by atoms with Crippen LogP contribution in [0.1, 0.15) is 60.5 Å². The number of nitrogens with zero attached hydrogens (tertiary/aromatic N) is 1. The molecular weight excluding hydrogens is 607 g/mol. The van der Waals surface area contributed by atoms with Crippen LogP contribution in [0.3, 0.4) is 0 Å². The van der Waals surface area contributed by atoms with Crippen molar-refractivity contribution in [2.45, 2.75) is 47.0 Å². The van der Waals surface area contributed by atoms with Crippen molar-refractivity contribution in [3.63, 3.8) is 0 Å². The highest BCUT2D eigenvalue weighted by atomic mass is 127. The van der Waals surface area contributed by atoms with E-state index in [9.17, 15) is 9.90 Å². The minimum atomic E-state index is -0.161. The van der Waals surface area contributed by atoms with Gasteiger partial charge in [0.1, 0.15) is 5.00 Å². The Balaban J connectivity index is 1.72. The lowest BCUT2D eigenvalue weighted by Crippen LogP contribution is -2.27. The van der Waals surface area contributed by atoms with Gasteiger partial charge < -0.3 is 15.2 Å². The van der Waals surface area contributed by atoms with Crippen LogP contribution >= 0.6 is 45.5 Å². The van der Waals surface area contributed by atoms with Crippen molar-refractivity contribution < 1.29 is 14.6 Å². The smallest absolute Gasteiger partial charge is 0.259 e. The summed E-state index contributed by atoms with van der Waals surface area (Å²) < 4.78 is 6.25. The summed E-state index contributed by atoms with van der Waals surface area (Å²) in [7, 11) is 0. The van der Waals surface area contributed by atoms with E-state index in [4.69, 9.17) is 21.3 Å². The van der Waals surface area contributed by atoms with E-state index in [1.807, 2.05) is 13.0 Å². The number of phenols is 1. The summed E-state index contributed by atoms with van der Waals surface area (Å²) in [5.41, 5.74) is 3.44. The number of carbonyl (C=O) groups is 1. The second kappa shape index (κ2) is 11.1. The third kappa shape index (κ3) is 6.06. The van der Waals surface area contributed by atoms with E-state index in [1.165, 1.54) is 4.88 Å². The molecule has 2 N–H and O–H groups in total. The lowest BCUT2D eigenvalue weighted by molar-refractivity contribution is 0.102. The Labute approximate surface area is 235 Å². The molecule has 190 valence electrons. The summed E-state index contributed by atoms with van der Waals surface area (Å²) in [5, 5.41) is 14.6. The monoisotopic (exact) mass is 636 g/mol. The van der Waals surface area contributed by atoms with E-state index in [-0.39, 0.29) is 17.1 Å². The highest BCUT2D eigenvalue weighted by Crippen LogP contribution is 2.45. The van der Waals surface area contributed by atoms with Gasteiger partial charge in [-0.3, -0.25) is 4.79 Å². The summed E-state index contributed by atoms with van der Waals surface area (Å²) >= 11 is 9.69. The normalized spacial score (nSPS) is 15.7. The third-order valence-corrected chi connectivity index (χ3v) is 8.72. The fourth-order valence-electron chi connectivity index (χ4n) is 4.43. The van der Waals surface area contributed by atoms with Crippen LogP contribution < -0.4 is 10.1 Å². The van der Waals surface area contributed by atoms with Gasteiger partial charge in [0.25, 0.3) is 5.91 Å². The molecule has 0 fully saturated rings. The molecular formula is C28H30ClIN2O3S. The molecule has 0 unspecified atom stereocenters. The first-order valence-electron chi connectivity index (χ1n) is 12.0. The molecule has 0 spiro atoms. The number of aliphatic imine (C=N–C) groups is 1. The highest BCUT2D eigenvalue weighted by Gasteiger charge is 2.33. The highest BCUT2D eigenvalue weighted by molar-refractivity contribution is 14.1. The van der Waals surface area contributed by atoms with Crippen LogP contribution in [0.25, 0.3) is 0 Å². The topological polar surface area (TPSA) is 70.9 Å². The maximum absolute atomic E-state index is 13.5. The fraction of sp³-hybridized carbons (Fsp3) is 0.357. The largest absolute Gasteiger partial charge is 0.504 e. The quantitative estimate of drug-likeness (QED) is 0.211. The number of phenolic OH excluding ortho intramolecular Hbond substituents is 1. The van der Waals surface area contributed by atoms with Crippen molar-refractivity contribution in [2.75, 3.05) is 11.9 Å². The van der Waals surface area contributed by atoms with Crippen LogP contribution in [0.2, 0.25) is 5.02 Å². The van der Waals surface area contributed by atoms with E-state index in [2.05, 4.69) is 48.7 Å². The van der Waals surface area contributed by atoms with Crippen LogP contribution in [-0.4, -0.2) is 23.8 Å². The molecule has 1 aliphatic carbocycles. The Morgan fingerprint density at radius 3 is 2.69 bits per heavy atom. The number of hydrogen-bond donors (Lipinski definition) is 2. The van der Waals surface area contributed by atoms with Crippen LogP contribution in [0.15, 0.2) is 41.4 Å². The van der Waals surface area contributed by atoms with Crippen molar-refractivity contribution in [1.29, 1.82) is 0 Å². The number of benzene rings is 2. The van der Waals surface area contributed by atoms with Crippen molar-refractivity contribution in [1.82, 2.24) is 0 Å². The van der Waals surface area contributed by atoms with Crippen molar-refractivity contribution in [2.24, 2.45) is 16.3 Å². The molecule has 3 aromatic rings. The van der Waals surface area contributed by atoms with Gasteiger partial charge in [-0.2, -0.15) is 0 Å². The molecule has 5 nitrogen and oxygen atoms in total. The average Bonchev–Trinajstić information content (AvgIpc) is 3.19. The molecule has 0 radical (unpaired) electrons. The zero-order valence-electron chi connectivity index (χ0n) is 20.8. The molecule has 1 aromatic heterocycles. The summed E-state index contributed by atoms with van der Waals surface area (Å²) in [5.74, 6) is 0.939. The second-order valence-electron chi connectivity index (χ2n) is 9.99. The Kier molecular flexibility index (Phi) is 8.32. The Morgan fingerprint density at radius 1 is 1.31 bits per heavy atom. The minimum absolute atomic E-state index is 0.123. The first kappa shape index (κ1) is 26.9. The number of halogens is 2. The average molecular weight is 637 g/mol. The number of ether oxygens (including phenoxy) is 1. The Morgan fingerprint density at radius 2 is 2.03 bits per heavy atom. The summed E-state index contributed by atoms with van der Waals surface area (Å²) in [6.45, 7) is 9.18. The van der Waals surface area contributed by atoms with Gasteiger partial charge in [0, 0.05) is 21.8 Å². The molecule has 36 heavy (non-hydrogen) atoms. The van der Waals surface area contributed by atoms with Crippen LogP contribution in [0, 0.1) is 14.9 Å². The Hall–Kier alpha value is -2.10. The zero-order valence-corrected chi connectivity index (χ0v) is 24.6. The molecule has 4 rings (SSSR count). The molecule has 8 heteroatoms. The van der Waals surface area contributed by atoms with Crippen LogP contribution in [0.5, 0.6) is 11.5 Å². The predicted molar refractivity (Wildman–Crippen MR) is 158 cm³/mol. The molecule has 0 saturated carbocycles. The second-order valence-corrected chi connectivity index (χ2v) is 12.7. The van der Waals surface area contributed by atoms with Crippen molar-refractivity contribution in [3.05, 3.63) is 66.6 Å². The number of fused-ring (bicyclic) bond motifs is 1. The number of hydrogen-bond acceptors (Lipinski definition) is 5. The molecule has 0 saturated heterocycles. The van der Waals surface area contributed by atoms with Gasteiger partial charge in [-0.15, -0.1) is 11.3 Å². The molecule has 0 bridgehead atoms. The van der Waals surface area contributed by atoms with E-state index >= 15 is 0 Å². The van der Waals surface area contributed by atoms with Crippen LogP contribution in [0.4, 0.5) is 10.7 Å². The van der Waals surface area contributed by atoms with Crippen LogP contribution in [-0.2, 0) is 12.8 Å². The first-order valence-corrected chi connectivity index (χ1v) is 14.2. The molecule has 1 atom stereocenters. The standard InChI is InChI=1S/C28H30ClIN2O3S/c1-5-35-22-13-16(12-21(30)25(22)33)15-31-27-24(26(34)32-19-9-7-18(29)8-10-19)20-11-6-17(28(2,3)4)14-23(20)36-27/h7-10,12-13,15,17,33H,5-6,11,14H2,1-4H3,(H,32,34)/t17-/m1/s1. The van der Waals surface area contributed by atoms with E-state index < -0.39 is 0 Å². The van der Waals surface area contributed by atoms with Crippen molar-refractivity contribution in [3.8, 4) is 11.5 Å². The lowest BCUT2D eigenvalue weighted by Gasteiger charge is -2.33. The van der Waals surface area contributed by atoms with Gasteiger partial charge >= 0.3 is 0 Å². The number of rotatable bonds is 6. The molecule has 1 aliphatic rings. The molecule has 0 aliphatic heterocycles. The summed E-state index contributed by atoms with van der Waals surface area (Å²) in [6.07, 6.45) is 4.59. The number of carbonyl (C=O) groups excluding carboxylic acids is 1. The summed E-state index contributed by atoms with van der Waals surface area (Å²) in [6, 6.07) is 10.7. The van der Waals surface area contributed by atoms with Crippen molar-refractivity contribution >= 4 is 68.3 Å². The van der Waals surface area contributed by atoms with E-state index in [0.29, 0.717) is 43.1 Å². The minimum Gasteiger partial charge on any atom is -0.504 e. The predicted octanol–water partition coefficient (Wildman–Crippen LogP) is 8.26. The molecule has 1 amide bonds. The SMILES string of the molecule is CCOc1cc(C=Nc2sc3c(c2C(=O)Nc2ccc(Cl)cc2)CC[C@@H](C(C)(C)C)C3)cc(I)c1O. The van der Waals surface area contributed by atoms with Gasteiger partial charge in [0.05, 0.1) is 15.7 Å². The first-order chi connectivity index (χ1) is 17.1. The maximum Gasteiger partial charge on any atom is 0.259 e. The van der Waals surface area contributed by atoms with Gasteiger partial charge in [0.15, 0.2) is 11.5 Å². The lowest BCUT2D eigenvalue weighted by atomic mass is 9.72. The Bertz CT molecular complexity index is 1300. The van der Waals surface area contributed by atoms with Gasteiger partial charge in [-0.1, -0.05) is 32.4 Å². The van der Waals surface area contributed by atoms with E-state index in [1.54, 1.807) is 47.9 Å². The third-order valence-electron chi connectivity index (χ3n) is 6.48. The number of nitrogens with one attached hydrogen (secondary N) is 1. The number of amides is 1. The number of aromatic hydroxyl groups is 1. The molecule has 1 heterocycles. The number of anilines is 1. The fourth-order valence-corrected chi connectivity index (χ4v) is 6.45. The summed E-state index contributed by atoms with van der Waals surface area (Å²) in [4.78, 5) is 19.5. The van der Waals surface area contributed by atoms with Gasteiger partial charge in [0.2, 0.25) is 0 Å². The molecule has 2 aromatic carbocycles. The van der Waals surface area contributed by atoms with Gasteiger partial charge in [-0.05, 0) is 108 Å².